The van der Waals surface area contributed by atoms with Crippen LogP contribution in [-0.4, -0.2) is 36.1 Å². The Bertz CT molecular complexity index is 414. The first-order valence-electron chi connectivity index (χ1n) is 7.26. The maximum Gasteiger partial charge on any atom is 0.141 e. The van der Waals surface area contributed by atoms with Crippen molar-refractivity contribution in [3.63, 3.8) is 0 Å². The Morgan fingerprint density at radius 2 is 2.00 bits per heavy atom. The summed E-state index contributed by atoms with van der Waals surface area (Å²) >= 11 is 6.03. The molecule has 3 rings (SSSR count). The van der Waals surface area contributed by atoms with Gasteiger partial charge >= 0.3 is 0 Å². The number of rotatable bonds is 5. The lowest BCUT2D eigenvalue weighted by Gasteiger charge is -2.31. The molecule has 0 amide bonds. The molecule has 0 radical (unpaired) electrons. The monoisotopic (exact) mass is 280 g/mol. The summed E-state index contributed by atoms with van der Waals surface area (Å²) in [7, 11) is 0. The lowest BCUT2D eigenvalue weighted by atomic mass is 9.97. The Balaban J connectivity index is 1.41. The van der Waals surface area contributed by atoms with Crippen molar-refractivity contribution >= 4 is 11.6 Å². The van der Waals surface area contributed by atoms with Gasteiger partial charge in [0.15, 0.2) is 0 Å². The van der Waals surface area contributed by atoms with Gasteiger partial charge in [-0.3, -0.25) is 4.98 Å². The molecule has 2 heterocycles. The normalized spacial score (nSPS) is 21.5. The molecule has 0 N–H and O–H groups in total. The summed E-state index contributed by atoms with van der Waals surface area (Å²) in [5.41, 5.74) is 0. The largest absolute Gasteiger partial charge is 0.492 e. The van der Waals surface area contributed by atoms with E-state index in [-0.39, 0.29) is 0 Å². The van der Waals surface area contributed by atoms with Crippen LogP contribution in [0.4, 0.5) is 0 Å². The average molecular weight is 281 g/mol. The molecular weight excluding hydrogens is 260 g/mol. The summed E-state index contributed by atoms with van der Waals surface area (Å²) in [4.78, 5) is 6.58. The van der Waals surface area contributed by atoms with Crippen molar-refractivity contribution in [3.8, 4) is 5.75 Å². The van der Waals surface area contributed by atoms with Crippen LogP contribution in [0.25, 0.3) is 0 Å². The second kappa shape index (κ2) is 6.10. The fourth-order valence-corrected chi connectivity index (χ4v) is 2.86. The van der Waals surface area contributed by atoms with Crippen LogP contribution in [0.1, 0.15) is 25.7 Å². The Kier molecular flexibility index (Phi) is 4.24. The van der Waals surface area contributed by atoms with E-state index in [0.29, 0.717) is 10.9 Å². The molecule has 1 saturated carbocycles. The van der Waals surface area contributed by atoms with Crippen molar-refractivity contribution in [3.05, 3.63) is 23.5 Å². The number of likely N-dealkylation sites (tertiary alicyclic amines) is 1. The predicted molar refractivity (Wildman–Crippen MR) is 76.6 cm³/mol. The number of hydrogen-bond acceptors (Lipinski definition) is 3. The first-order valence-corrected chi connectivity index (χ1v) is 7.64. The topological polar surface area (TPSA) is 25.4 Å². The minimum Gasteiger partial charge on any atom is -0.492 e. The van der Waals surface area contributed by atoms with E-state index in [1.165, 1.54) is 45.3 Å². The fraction of sp³-hybridized carbons (Fsp3) is 0.667. The molecule has 19 heavy (non-hydrogen) atoms. The van der Waals surface area contributed by atoms with E-state index in [1.54, 1.807) is 12.4 Å². The third-order valence-electron chi connectivity index (χ3n) is 4.13. The molecule has 4 heteroatoms. The van der Waals surface area contributed by atoms with Gasteiger partial charge in [0.25, 0.3) is 0 Å². The molecule has 0 aromatic carbocycles. The summed E-state index contributed by atoms with van der Waals surface area (Å²) in [6.45, 7) is 4.56. The van der Waals surface area contributed by atoms with Crippen LogP contribution in [0.2, 0.25) is 5.02 Å². The zero-order valence-electron chi connectivity index (χ0n) is 11.2. The van der Waals surface area contributed by atoms with E-state index in [0.717, 1.165) is 18.3 Å². The van der Waals surface area contributed by atoms with Crippen molar-refractivity contribution in [1.29, 1.82) is 0 Å². The van der Waals surface area contributed by atoms with Gasteiger partial charge in [-0.05, 0) is 50.6 Å². The number of nitrogens with zero attached hydrogens (tertiary/aromatic N) is 2. The highest BCUT2D eigenvalue weighted by molar-refractivity contribution is 6.31. The molecule has 2 aliphatic rings. The van der Waals surface area contributed by atoms with Crippen molar-refractivity contribution in [1.82, 2.24) is 9.88 Å². The first-order chi connectivity index (χ1) is 9.31. The maximum atomic E-state index is 6.03. The molecule has 2 fully saturated rings. The van der Waals surface area contributed by atoms with Gasteiger partial charge in [0.05, 0.1) is 6.61 Å². The summed E-state index contributed by atoms with van der Waals surface area (Å²) in [6.07, 6.45) is 8.74. The molecular formula is C15H21ClN2O. The van der Waals surface area contributed by atoms with Crippen LogP contribution >= 0.6 is 11.6 Å². The van der Waals surface area contributed by atoms with E-state index >= 15 is 0 Å². The van der Waals surface area contributed by atoms with Crippen molar-refractivity contribution in [2.24, 2.45) is 11.8 Å². The lowest BCUT2D eigenvalue weighted by molar-refractivity contribution is 0.138. The SMILES string of the molecule is Clc1cnccc1OCC1CCN(CC2CC2)CC1. The summed E-state index contributed by atoms with van der Waals surface area (Å²) < 4.78 is 5.81. The van der Waals surface area contributed by atoms with Crippen LogP contribution in [0.5, 0.6) is 5.75 Å². The van der Waals surface area contributed by atoms with E-state index in [4.69, 9.17) is 16.3 Å². The van der Waals surface area contributed by atoms with Gasteiger partial charge in [-0.25, -0.2) is 0 Å². The summed E-state index contributed by atoms with van der Waals surface area (Å²) in [5.74, 6) is 2.43. The molecule has 1 aliphatic carbocycles. The van der Waals surface area contributed by atoms with Gasteiger partial charge < -0.3 is 9.64 Å². The third-order valence-corrected chi connectivity index (χ3v) is 4.41. The molecule has 104 valence electrons. The Labute approximate surface area is 119 Å². The molecule has 3 nitrogen and oxygen atoms in total. The standard InChI is InChI=1S/C15H21ClN2O/c16-14-9-17-6-3-15(14)19-11-13-4-7-18(8-5-13)10-12-1-2-12/h3,6,9,12-13H,1-2,4-5,7-8,10-11H2. The number of pyridine rings is 1. The smallest absolute Gasteiger partial charge is 0.141 e. The molecule has 0 bridgehead atoms. The Morgan fingerprint density at radius 1 is 1.21 bits per heavy atom. The van der Waals surface area contributed by atoms with Crippen LogP contribution in [-0.2, 0) is 0 Å². The minimum absolute atomic E-state index is 0.605. The molecule has 1 aromatic rings. The van der Waals surface area contributed by atoms with E-state index < -0.39 is 0 Å². The van der Waals surface area contributed by atoms with E-state index in [1.807, 2.05) is 6.07 Å². The van der Waals surface area contributed by atoms with Crippen molar-refractivity contribution in [2.75, 3.05) is 26.2 Å². The number of halogens is 1. The van der Waals surface area contributed by atoms with Crippen molar-refractivity contribution < 1.29 is 4.74 Å². The molecule has 1 aromatic heterocycles. The number of hydrogen-bond donors (Lipinski definition) is 0. The lowest BCUT2D eigenvalue weighted by Crippen LogP contribution is -2.36. The van der Waals surface area contributed by atoms with Crippen molar-refractivity contribution in [2.45, 2.75) is 25.7 Å². The van der Waals surface area contributed by atoms with Crippen LogP contribution < -0.4 is 4.74 Å². The quantitative estimate of drug-likeness (QED) is 0.828. The van der Waals surface area contributed by atoms with Crippen LogP contribution in [0.3, 0.4) is 0 Å². The molecule has 0 spiro atoms. The zero-order valence-corrected chi connectivity index (χ0v) is 12.0. The average Bonchev–Trinajstić information content (AvgIpc) is 3.24. The van der Waals surface area contributed by atoms with Gasteiger partial charge in [-0.15, -0.1) is 0 Å². The molecule has 0 atom stereocenters. The molecule has 0 unspecified atom stereocenters. The van der Waals surface area contributed by atoms with E-state index in [9.17, 15) is 0 Å². The minimum atomic E-state index is 0.605. The Hall–Kier alpha value is -0.800. The van der Waals surface area contributed by atoms with Gasteiger partial charge in [0.1, 0.15) is 10.8 Å². The van der Waals surface area contributed by atoms with Gasteiger partial charge in [-0.1, -0.05) is 11.6 Å². The predicted octanol–water partition coefficient (Wildman–Crippen LogP) is 3.24. The third kappa shape index (κ3) is 3.83. The number of piperidine rings is 1. The highest BCUT2D eigenvalue weighted by Gasteiger charge is 2.27. The zero-order chi connectivity index (χ0) is 13.1. The second-order valence-corrected chi connectivity index (χ2v) is 6.21. The number of aromatic nitrogens is 1. The summed E-state index contributed by atoms with van der Waals surface area (Å²) in [5, 5.41) is 0.605. The first kappa shape index (κ1) is 13.2. The molecule has 1 saturated heterocycles. The summed E-state index contributed by atoms with van der Waals surface area (Å²) in [6, 6.07) is 1.84. The van der Waals surface area contributed by atoms with E-state index in [2.05, 4.69) is 9.88 Å². The van der Waals surface area contributed by atoms with Gasteiger partial charge in [-0.2, -0.15) is 0 Å². The highest BCUT2D eigenvalue weighted by Crippen LogP contribution is 2.31. The van der Waals surface area contributed by atoms with Gasteiger partial charge in [0, 0.05) is 25.0 Å². The fourth-order valence-electron chi connectivity index (χ4n) is 2.69. The van der Waals surface area contributed by atoms with Crippen LogP contribution in [0.15, 0.2) is 18.5 Å². The van der Waals surface area contributed by atoms with Gasteiger partial charge in [0.2, 0.25) is 0 Å². The number of ether oxygens (including phenoxy) is 1. The highest BCUT2D eigenvalue weighted by atomic mass is 35.5. The second-order valence-electron chi connectivity index (χ2n) is 5.80. The Morgan fingerprint density at radius 3 is 2.68 bits per heavy atom. The van der Waals surface area contributed by atoms with Crippen LogP contribution in [0, 0.1) is 11.8 Å². The molecule has 1 aliphatic heterocycles. The maximum absolute atomic E-state index is 6.03.